The summed E-state index contributed by atoms with van der Waals surface area (Å²) in [5.74, 6) is 0.239. The van der Waals surface area contributed by atoms with E-state index in [4.69, 9.17) is 9.47 Å². The minimum Gasteiger partial charge on any atom is -0.484 e. The average molecular weight is 418 g/mol. The van der Waals surface area contributed by atoms with Crippen LogP contribution < -0.4 is 4.74 Å². The maximum atomic E-state index is 12.9. The quantitative estimate of drug-likeness (QED) is 0.523. The van der Waals surface area contributed by atoms with Crippen molar-refractivity contribution in [2.24, 2.45) is 0 Å². The molecule has 0 aromatic heterocycles. The van der Waals surface area contributed by atoms with Crippen molar-refractivity contribution in [2.75, 3.05) is 33.4 Å². The van der Waals surface area contributed by atoms with E-state index in [9.17, 15) is 14.9 Å². The van der Waals surface area contributed by atoms with Crippen molar-refractivity contribution in [3.05, 3.63) is 34.4 Å². The second kappa shape index (κ2) is 8.89. The van der Waals surface area contributed by atoms with Gasteiger partial charge in [-0.05, 0) is 64.1 Å². The largest absolute Gasteiger partial charge is 0.484 e. The molecule has 1 amide bonds. The molecule has 3 fully saturated rings. The van der Waals surface area contributed by atoms with Crippen molar-refractivity contribution in [1.29, 1.82) is 0 Å². The van der Waals surface area contributed by atoms with E-state index in [1.165, 1.54) is 25.0 Å². The molecule has 2 heterocycles. The SMILES string of the molecule is CN(C(=O)COc1cccc([N+](=O)[O-])c1)[C@@H]1CC[C@@]2(CCCO2)C[C@H]1N1CCCC1. The van der Waals surface area contributed by atoms with Gasteiger partial charge in [-0.25, -0.2) is 0 Å². The predicted octanol–water partition coefficient (Wildman–Crippen LogP) is 3.00. The summed E-state index contributed by atoms with van der Waals surface area (Å²) in [6.45, 7) is 2.90. The fourth-order valence-corrected chi connectivity index (χ4v) is 5.35. The van der Waals surface area contributed by atoms with Gasteiger partial charge in [0.15, 0.2) is 6.61 Å². The standard InChI is InChI=1S/C22H31N3O5/c1-23(21(26)16-29-18-7-4-6-17(14-18)25(27)28)19-8-10-22(9-5-13-30-22)15-20(19)24-11-2-3-12-24/h4,6-7,14,19-20H,2-3,5,8-13,15-16H2,1H3/t19-,20-,22+/m1/s1. The van der Waals surface area contributed by atoms with Gasteiger partial charge in [0.25, 0.3) is 11.6 Å². The lowest BCUT2D eigenvalue weighted by atomic mass is 9.76. The van der Waals surface area contributed by atoms with Crippen LogP contribution in [0.1, 0.15) is 44.9 Å². The lowest BCUT2D eigenvalue weighted by Crippen LogP contribution is -2.58. The highest BCUT2D eigenvalue weighted by atomic mass is 16.6. The molecule has 0 N–H and O–H groups in total. The summed E-state index contributed by atoms with van der Waals surface area (Å²) < 4.78 is 11.8. The van der Waals surface area contributed by atoms with Crippen LogP contribution in [0.25, 0.3) is 0 Å². The van der Waals surface area contributed by atoms with Crippen LogP contribution >= 0.6 is 0 Å². The molecule has 1 aliphatic carbocycles. The Kier molecular flexibility index (Phi) is 6.24. The molecule has 0 radical (unpaired) electrons. The third kappa shape index (κ3) is 4.44. The van der Waals surface area contributed by atoms with Crippen LogP contribution in [0.15, 0.2) is 24.3 Å². The van der Waals surface area contributed by atoms with Gasteiger partial charge in [-0.15, -0.1) is 0 Å². The van der Waals surface area contributed by atoms with Gasteiger partial charge in [0, 0.05) is 31.8 Å². The summed E-state index contributed by atoms with van der Waals surface area (Å²) in [5, 5.41) is 10.9. The van der Waals surface area contributed by atoms with Crippen LogP contribution in [0.4, 0.5) is 5.69 Å². The molecule has 8 nitrogen and oxygen atoms in total. The molecule has 4 rings (SSSR count). The van der Waals surface area contributed by atoms with Crippen molar-refractivity contribution >= 4 is 11.6 Å². The Labute approximate surface area is 177 Å². The molecule has 2 aliphatic heterocycles. The molecule has 164 valence electrons. The Morgan fingerprint density at radius 3 is 2.83 bits per heavy atom. The molecule has 3 aliphatic rings. The first kappa shape index (κ1) is 21.1. The molecule has 1 saturated carbocycles. The van der Waals surface area contributed by atoms with Crippen LogP contribution in [-0.2, 0) is 9.53 Å². The van der Waals surface area contributed by atoms with E-state index in [0.29, 0.717) is 11.8 Å². The Balaban J connectivity index is 1.41. The zero-order valence-corrected chi connectivity index (χ0v) is 17.6. The van der Waals surface area contributed by atoms with Crippen molar-refractivity contribution in [2.45, 2.75) is 62.6 Å². The van der Waals surface area contributed by atoms with Gasteiger partial charge < -0.3 is 14.4 Å². The van der Waals surface area contributed by atoms with Gasteiger partial charge in [0.2, 0.25) is 0 Å². The molecule has 1 aromatic carbocycles. The summed E-state index contributed by atoms with van der Waals surface area (Å²) in [6, 6.07) is 6.40. The minimum absolute atomic E-state index is 0.00683. The summed E-state index contributed by atoms with van der Waals surface area (Å²) in [7, 11) is 1.86. The Morgan fingerprint density at radius 1 is 1.33 bits per heavy atom. The first-order valence-corrected chi connectivity index (χ1v) is 11.0. The highest BCUT2D eigenvalue weighted by Gasteiger charge is 2.47. The second-order valence-electron chi connectivity index (χ2n) is 8.80. The number of nitrogens with zero attached hydrogens (tertiary/aromatic N) is 3. The first-order valence-electron chi connectivity index (χ1n) is 11.0. The predicted molar refractivity (Wildman–Crippen MR) is 112 cm³/mol. The zero-order valence-electron chi connectivity index (χ0n) is 17.6. The Bertz CT molecular complexity index is 774. The first-order chi connectivity index (χ1) is 14.5. The monoisotopic (exact) mass is 417 g/mol. The summed E-state index contributed by atoms with van der Waals surface area (Å²) in [5.41, 5.74) is -0.0517. The van der Waals surface area contributed by atoms with Gasteiger partial charge in [0.1, 0.15) is 5.75 Å². The van der Waals surface area contributed by atoms with Gasteiger partial charge in [-0.2, -0.15) is 0 Å². The van der Waals surface area contributed by atoms with E-state index in [2.05, 4.69) is 4.90 Å². The van der Waals surface area contributed by atoms with E-state index in [1.54, 1.807) is 12.1 Å². The van der Waals surface area contributed by atoms with Gasteiger partial charge in [-0.3, -0.25) is 19.8 Å². The number of ether oxygens (including phenoxy) is 2. The number of carbonyl (C=O) groups excluding carboxylic acids is 1. The number of nitro benzene ring substituents is 1. The van der Waals surface area contributed by atoms with Crippen molar-refractivity contribution in [3.8, 4) is 5.75 Å². The fraction of sp³-hybridized carbons (Fsp3) is 0.682. The molecule has 1 spiro atoms. The molecular weight excluding hydrogens is 386 g/mol. The lowest BCUT2D eigenvalue weighted by Gasteiger charge is -2.48. The highest BCUT2D eigenvalue weighted by molar-refractivity contribution is 5.78. The highest BCUT2D eigenvalue weighted by Crippen LogP contribution is 2.42. The molecule has 30 heavy (non-hydrogen) atoms. The van der Waals surface area contributed by atoms with E-state index in [-0.39, 0.29) is 29.8 Å². The number of carbonyl (C=O) groups is 1. The second-order valence-corrected chi connectivity index (χ2v) is 8.80. The number of likely N-dealkylation sites (N-methyl/N-ethyl adjacent to an activating group) is 1. The number of hydrogen-bond acceptors (Lipinski definition) is 6. The van der Waals surface area contributed by atoms with Crippen LogP contribution in [0.2, 0.25) is 0 Å². The molecule has 8 heteroatoms. The average Bonchev–Trinajstić information content (AvgIpc) is 3.44. The number of non-ortho nitro benzene ring substituents is 1. The smallest absolute Gasteiger partial charge is 0.273 e. The molecule has 3 atom stereocenters. The van der Waals surface area contributed by atoms with E-state index >= 15 is 0 Å². The van der Waals surface area contributed by atoms with Crippen LogP contribution in [-0.4, -0.2) is 71.7 Å². The van der Waals surface area contributed by atoms with Crippen molar-refractivity contribution in [1.82, 2.24) is 9.80 Å². The summed E-state index contributed by atoms with van der Waals surface area (Å²) in [6.07, 6.45) is 7.59. The fourth-order valence-electron chi connectivity index (χ4n) is 5.35. The normalized spacial score (nSPS) is 29.2. The van der Waals surface area contributed by atoms with Crippen LogP contribution in [0.5, 0.6) is 5.75 Å². The Hall–Kier alpha value is -2.19. The van der Waals surface area contributed by atoms with Crippen molar-refractivity contribution < 1.29 is 19.2 Å². The van der Waals surface area contributed by atoms with Crippen molar-refractivity contribution in [3.63, 3.8) is 0 Å². The lowest BCUT2D eigenvalue weighted by molar-refractivity contribution is -0.384. The van der Waals surface area contributed by atoms with E-state index in [1.807, 2.05) is 11.9 Å². The molecule has 0 bridgehead atoms. The maximum Gasteiger partial charge on any atom is 0.273 e. The molecular formula is C22H31N3O5. The third-order valence-electron chi connectivity index (χ3n) is 7.00. The number of likely N-dealkylation sites (tertiary alicyclic amines) is 1. The topological polar surface area (TPSA) is 85.2 Å². The summed E-state index contributed by atoms with van der Waals surface area (Å²) >= 11 is 0. The number of nitro groups is 1. The molecule has 2 saturated heterocycles. The minimum atomic E-state index is -0.468. The van der Waals surface area contributed by atoms with Crippen LogP contribution in [0.3, 0.4) is 0 Å². The van der Waals surface area contributed by atoms with Crippen LogP contribution in [0, 0.1) is 10.1 Å². The van der Waals surface area contributed by atoms with Gasteiger partial charge >= 0.3 is 0 Å². The van der Waals surface area contributed by atoms with E-state index < -0.39 is 4.92 Å². The Morgan fingerprint density at radius 2 is 2.13 bits per heavy atom. The number of amides is 1. The summed E-state index contributed by atoms with van der Waals surface area (Å²) in [4.78, 5) is 27.8. The zero-order chi connectivity index (χ0) is 21.1. The number of rotatable bonds is 6. The number of hydrogen-bond donors (Lipinski definition) is 0. The third-order valence-corrected chi connectivity index (χ3v) is 7.00. The maximum absolute atomic E-state index is 12.9. The van der Waals surface area contributed by atoms with Gasteiger partial charge in [-0.1, -0.05) is 6.07 Å². The molecule has 1 aromatic rings. The van der Waals surface area contributed by atoms with E-state index in [0.717, 1.165) is 51.8 Å². The molecule has 0 unspecified atom stereocenters. The van der Waals surface area contributed by atoms with Gasteiger partial charge in [0.05, 0.1) is 16.6 Å². The number of benzene rings is 1.